The number of para-hydroxylation sites is 1. The molecule has 1 amide bonds. The van der Waals surface area contributed by atoms with E-state index >= 15 is 0 Å². The van der Waals surface area contributed by atoms with Gasteiger partial charge in [0, 0.05) is 10.7 Å². The van der Waals surface area contributed by atoms with Gasteiger partial charge in [0.2, 0.25) is 0 Å². The summed E-state index contributed by atoms with van der Waals surface area (Å²) in [6.07, 6.45) is 0. The van der Waals surface area contributed by atoms with E-state index in [1.54, 1.807) is 30.3 Å². The van der Waals surface area contributed by atoms with Crippen molar-refractivity contribution in [1.82, 2.24) is 0 Å². The third kappa shape index (κ3) is 2.88. The smallest absolute Gasteiger partial charge is 0.259 e. The average molecular weight is 276 g/mol. The molecule has 2 aromatic rings. The Morgan fingerprint density at radius 3 is 2.63 bits per heavy atom. The fraction of sp³-hybridized carbons (Fsp3) is 0.133. The van der Waals surface area contributed by atoms with Gasteiger partial charge < -0.3 is 10.1 Å². The SMILES string of the molecule is COc1ccccc1C(=O)Nc1cccc(Cl)c1C. The Morgan fingerprint density at radius 2 is 1.89 bits per heavy atom. The number of hydrogen-bond acceptors (Lipinski definition) is 2. The second kappa shape index (κ2) is 5.76. The molecule has 0 atom stereocenters. The van der Waals surface area contributed by atoms with Gasteiger partial charge in [-0.2, -0.15) is 0 Å². The summed E-state index contributed by atoms with van der Waals surface area (Å²) in [5, 5.41) is 3.46. The number of benzene rings is 2. The van der Waals surface area contributed by atoms with Crippen LogP contribution in [0.3, 0.4) is 0 Å². The van der Waals surface area contributed by atoms with Gasteiger partial charge in [-0.25, -0.2) is 0 Å². The second-order valence-electron chi connectivity index (χ2n) is 4.07. The van der Waals surface area contributed by atoms with Gasteiger partial charge in [-0.3, -0.25) is 4.79 Å². The molecule has 98 valence electrons. The number of methoxy groups -OCH3 is 1. The standard InChI is InChI=1S/C15H14ClNO2/c1-10-12(16)7-5-8-13(10)17-15(18)11-6-3-4-9-14(11)19-2/h3-9H,1-2H3,(H,17,18). The molecule has 0 aliphatic rings. The molecule has 0 aliphatic carbocycles. The van der Waals surface area contributed by atoms with Crippen molar-refractivity contribution in [3.8, 4) is 5.75 Å². The normalized spacial score (nSPS) is 10.1. The van der Waals surface area contributed by atoms with E-state index < -0.39 is 0 Å². The van der Waals surface area contributed by atoms with Crippen molar-refractivity contribution in [2.45, 2.75) is 6.92 Å². The van der Waals surface area contributed by atoms with Crippen LogP contribution in [0.1, 0.15) is 15.9 Å². The lowest BCUT2D eigenvalue weighted by Gasteiger charge is -2.11. The fourth-order valence-corrected chi connectivity index (χ4v) is 1.94. The number of ether oxygens (including phenoxy) is 1. The maximum Gasteiger partial charge on any atom is 0.259 e. The molecule has 0 fully saturated rings. The molecule has 0 unspecified atom stereocenters. The minimum absolute atomic E-state index is 0.220. The average Bonchev–Trinajstić information content (AvgIpc) is 2.43. The maximum atomic E-state index is 12.2. The summed E-state index contributed by atoms with van der Waals surface area (Å²) in [5.41, 5.74) is 2.03. The van der Waals surface area contributed by atoms with Gasteiger partial charge >= 0.3 is 0 Å². The van der Waals surface area contributed by atoms with Gasteiger partial charge in [-0.05, 0) is 36.8 Å². The van der Waals surface area contributed by atoms with Crippen molar-refractivity contribution in [2.24, 2.45) is 0 Å². The molecule has 0 aromatic heterocycles. The Labute approximate surface area is 117 Å². The highest BCUT2D eigenvalue weighted by molar-refractivity contribution is 6.31. The second-order valence-corrected chi connectivity index (χ2v) is 4.47. The van der Waals surface area contributed by atoms with E-state index in [2.05, 4.69) is 5.32 Å². The van der Waals surface area contributed by atoms with E-state index in [1.807, 2.05) is 19.1 Å². The first kappa shape index (κ1) is 13.4. The number of halogens is 1. The van der Waals surface area contributed by atoms with Crippen molar-refractivity contribution >= 4 is 23.2 Å². The molecule has 0 heterocycles. The first-order valence-corrected chi connectivity index (χ1v) is 6.20. The zero-order chi connectivity index (χ0) is 13.8. The number of hydrogen-bond donors (Lipinski definition) is 1. The summed E-state index contributed by atoms with van der Waals surface area (Å²) in [5.74, 6) is 0.322. The molecule has 19 heavy (non-hydrogen) atoms. The summed E-state index contributed by atoms with van der Waals surface area (Å²) in [6.45, 7) is 1.86. The zero-order valence-corrected chi connectivity index (χ0v) is 11.5. The quantitative estimate of drug-likeness (QED) is 0.922. The maximum absolute atomic E-state index is 12.2. The highest BCUT2D eigenvalue weighted by Gasteiger charge is 2.13. The highest BCUT2D eigenvalue weighted by Crippen LogP contribution is 2.25. The molecule has 0 saturated heterocycles. The van der Waals surface area contributed by atoms with E-state index in [4.69, 9.17) is 16.3 Å². The summed E-state index contributed by atoms with van der Waals surface area (Å²) < 4.78 is 5.17. The van der Waals surface area contributed by atoms with Gasteiger partial charge in [0.05, 0.1) is 12.7 Å². The Kier molecular flexibility index (Phi) is 4.07. The van der Waals surface area contributed by atoms with Crippen LogP contribution < -0.4 is 10.1 Å². The monoisotopic (exact) mass is 275 g/mol. The predicted molar refractivity (Wildman–Crippen MR) is 77.1 cm³/mol. The van der Waals surface area contributed by atoms with Crippen LogP contribution in [0.25, 0.3) is 0 Å². The molecule has 0 saturated carbocycles. The number of carbonyl (C=O) groups excluding carboxylic acids is 1. The molecule has 4 heteroatoms. The molecular formula is C15H14ClNO2. The zero-order valence-electron chi connectivity index (χ0n) is 10.7. The molecule has 0 spiro atoms. The number of anilines is 1. The number of rotatable bonds is 3. The minimum Gasteiger partial charge on any atom is -0.496 e. The lowest BCUT2D eigenvalue weighted by atomic mass is 10.1. The molecular weight excluding hydrogens is 262 g/mol. The van der Waals surface area contributed by atoms with Crippen LogP contribution in [0, 0.1) is 6.92 Å². The van der Waals surface area contributed by atoms with Gasteiger partial charge in [0.15, 0.2) is 0 Å². The summed E-state index contributed by atoms with van der Waals surface area (Å²) in [7, 11) is 1.54. The molecule has 0 aliphatic heterocycles. The van der Waals surface area contributed by atoms with E-state index in [0.717, 1.165) is 5.56 Å². The first-order valence-electron chi connectivity index (χ1n) is 5.83. The summed E-state index contributed by atoms with van der Waals surface area (Å²) >= 11 is 6.03. The summed E-state index contributed by atoms with van der Waals surface area (Å²) in [4.78, 5) is 12.2. The van der Waals surface area contributed by atoms with Gasteiger partial charge in [0.1, 0.15) is 5.75 Å². The first-order chi connectivity index (χ1) is 9.13. The van der Waals surface area contributed by atoms with Gasteiger partial charge in [0.25, 0.3) is 5.91 Å². The molecule has 2 rings (SSSR count). The van der Waals surface area contributed by atoms with Crippen molar-refractivity contribution in [1.29, 1.82) is 0 Å². The molecule has 3 nitrogen and oxygen atoms in total. The van der Waals surface area contributed by atoms with E-state index in [-0.39, 0.29) is 5.91 Å². The molecule has 0 bridgehead atoms. The number of amides is 1. The van der Waals surface area contributed by atoms with E-state index in [1.165, 1.54) is 7.11 Å². The third-order valence-corrected chi connectivity index (χ3v) is 3.28. The van der Waals surface area contributed by atoms with Crippen LogP contribution in [0.15, 0.2) is 42.5 Å². The molecule has 1 N–H and O–H groups in total. The van der Waals surface area contributed by atoms with Crippen LogP contribution in [-0.4, -0.2) is 13.0 Å². The predicted octanol–water partition coefficient (Wildman–Crippen LogP) is 3.91. The molecule has 0 radical (unpaired) electrons. The Bertz CT molecular complexity index is 611. The van der Waals surface area contributed by atoms with Crippen LogP contribution in [-0.2, 0) is 0 Å². The van der Waals surface area contributed by atoms with Gasteiger partial charge in [-0.1, -0.05) is 29.8 Å². The van der Waals surface area contributed by atoms with Crippen LogP contribution in [0.4, 0.5) is 5.69 Å². The number of carbonyl (C=O) groups is 1. The van der Waals surface area contributed by atoms with Crippen molar-refractivity contribution < 1.29 is 9.53 Å². The van der Waals surface area contributed by atoms with Crippen LogP contribution in [0.2, 0.25) is 5.02 Å². The van der Waals surface area contributed by atoms with Crippen molar-refractivity contribution in [3.63, 3.8) is 0 Å². The van der Waals surface area contributed by atoms with Crippen molar-refractivity contribution in [2.75, 3.05) is 12.4 Å². The lowest BCUT2D eigenvalue weighted by molar-refractivity contribution is 0.102. The van der Waals surface area contributed by atoms with Gasteiger partial charge in [-0.15, -0.1) is 0 Å². The minimum atomic E-state index is -0.220. The van der Waals surface area contributed by atoms with E-state index in [9.17, 15) is 4.79 Å². The Morgan fingerprint density at radius 1 is 1.16 bits per heavy atom. The Hall–Kier alpha value is -2.00. The fourth-order valence-electron chi connectivity index (χ4n) is 1.76. The van der Waals surface area contributed by atoms with Crippen molar-refractivity contribution in [3.05, 3.63) is 58.6 Å². The highest BCUT2D eigenvalue weighted by atomic mass is 35.5. The molecule has 2 aromatic carbocycles. The van der Waals surface area contributed by atoms with Crippen LogP contribution in [0.5, 0.6) is 5.75 Å². The lowest BCUT2D eigenvalue weighted by Crippen LogP contribution is -2.13. The largest absolute Gasteiger partial charge is 0.496 e. The number of nitrogens with one attached hydrogen (secondary N) is 1. The third-order valence-electron chi connectivity index (χ3n) is 2.87. The summed E-state index contributed by atoms with van der Waals surface area (Å²) in [6, 6.07) is 12.5. The van der Waals surface area contributed by atoms with E-state index in [0.29, 0.717) is 22.0 Å². The van der Waals surface area contributed by atoms with Crippen LogP contribution >= 0.6 is 11.6 Å². The topological polar surface area (TPSA) is 38.3 Å². The Balaban J connectivity index is 2.28.